The topological polar surface area (TPSA) is 94.2 Å². The summed E-state index contributed by atoms with van der Waals surface area (Å²) in [4.78, 5) is 36.8. The van der Waals surface area contributed by atoms with Crippen molar-refractivity contribution in [3.63, 3.8) is 0 Å². The Labute approximate surface area is 227 Å². The normalized spacial score (nSPS) is 11.7. The minimum absolute atomic E-state index is 0.210. The van der Waals surface area contributed by atoms with Crippen molar-refractivity contribution in [2.45, 2.75) is 19.9 Å². The number of amides is 1. The summed E-state index contributed by atoms with van der Waals surface area (Å²) >= 11 is 1.45. The van der Waals surface area contributed by atoms with Gasteiger partial charge in [-0.05, 0) is 55.5 Å². The molecule has 0 saturated carbocycles. The molecule has 39 heavy (non-hydrogen) atoms. The van der Waals surface area contributed by atoms with Gasteiger partial charge < -0.3 is 5.32 Å². The first-order valence-corrected chi connectivity index (χ1v) is 13.1. The molecule has 190 valence electrons. The Bertz CT molecular complexity index is 1960. The molecular formula is C30H22N6O2S. The number of para-hydroxylation sites is 1. The number of fused-ring (bicyclic) bond motifs is 2. The Morgan fingerprint density at radius 2 is 1.92 bits per heavy atom. The summed E-state index contributed by atoms with van der Waals surface area (Å²) in [6.45, 7) is 3.64. The number of carbonyl (C=O) groups is 1. The smallest absolute Gasteiger partial charge is 0.264 e. The molecule has 6 aromatic rings. The number of thiazole rings is 1. The van der Waals surface area contributed by atoms with Crippen LogP contribution in [0.5, 0.6) is 0 Å². The third-order valence-corrected chi connectivity index (χ3v) is 7.12. The average molecular weight is 531 g/mol. The lowest BCUT2D eigenvalue weighted by Gasteiger charge is -2.21. The van der Waals surface area contributed by atoms with Gasteiger partial charge >= 0.3 is 0 Å². The fourth-order valence-electron chi connectivity index (χ4n) is 4.66. The second kappa shape index (κ2) is 10.0. The van der Waals surface area contributed by atoms with Crippen molar-refractivity contribution in [1.82, 2.24) is 29.5 Å². The molecule has 2 aromatic carbocycles. The predicted octanol–water partition coefficient (Wildman–Crippen LogP) is 4.69. The van der Waals surface area contributed by atoms with Crippen LogP contribution in [-0.2, 0) is 0 Å². The number of rotatable bonds is 4. The molecule has 0 fully saturated rings. The van der Waals surface area contributed by atoms with Gasteiger partial charge in [0.15, 0.2) is 5.65 Å². The lowest BCUT2D eigenvalue weighted by molar-refractivity contribution is 0.0939. The molecule has 1 amide bonds. The average Bonchev–Trinajstić information content (AvgIpc) is 3.59. The van der Waals surface area contributed by atoms with Crippen LogP contribution in [-0.4, -0.2) is 30.1 Å². The summed E-state index contributed by atoms with van der Waals surface area (Å²) < 4.78 is 3.23. The van der Waals surface area contributed by atoms with Crippen molar-refractivity contribution in [2.75, 3.05) is 0 Å². The molecule has 4 aromatic heterocycles. The van der Waals surface area contributed by atoms with Crippen LogP contribution in [0.15, 0.2) is 89.6 Å². The third kappa shape index (κ3) is 4.47. The maximum Gasteiger partial charge on any atom is 0.264 e. The van der Waals surface area contributed by atoms with Crippen LogP contribution in [0.4, 0.5) is 0 Å². The zero-order valence-corrected chi connectivity index (χ0v) is 21.9. The molecule has 0 spiro atoms. The number of carbonyl (C=O) groups excluding carboxylic acids is 1. The molecule has 0 aliphatic carbocycles. The van der Waals surface area contributed by atoms with E-state index in [1.54, 1.807) is 46.2 Å². The first kappa shape index (κ1) is 24.3. The van der Waals surface area contributed by atoms with E-state index in [4.69, 9.17) is 0 Å². The Balaban J connectivity index is 1.48. The van der Waals surface area contributed by atoms with Gasteiger partial charge in [0.2, 0.25) is 0 Å². The molecule has 1 unspecified atom stereocenters. The maximum atomic E-state index is 14.1. The van der Waals surface area contributed by atoms with Crippen LogP contribution in [0.2, 0.25) is 0 Å². The maximum absolute atomic E-state index is 14.1. The van der Waals surface area contributed by atoms with E-state index in [9.17, 15) is 9.59 Å². The molecule has 0 aliphatic rings. The summed E-state index contributed by atoms with van der Waals surface area (Å²) in [5, 5.41) is 8.73. The van der Waals surface area contributed by atoms with E-state index in [-0.39, 0.29) is 11.5 Å². The van der Waals surface area contributed by atoms with E-state index in [0.717, 1.165) is 10.3 Å². The van der Waals surface area contributed by atoms with Gasteiger partial charge in [-0.25, -0.2) is 9.50 Å². The second-order valence-corrected chi connectivity index (χ2v) is 9.86. The summed E-state index contributed by atoms with van der Waals surface area (Å²) in [6.07, 6.45) is 5.08. The van der Waals surface area contributed by atoms with E-state index < -0.39 is 6.04 Å². The summed E-state index contributed by atoms with van der Waals surface area (Å²) in [7, 11) is 0. The van der Waals surface area contributed by atoms with Crippen molar-refractivity contribution in [3.8, 4) is 17.5 Å². The highest BCUT2D eigenvalue weighted by Gasteiger charge is 2.23. The number of hydrogen-bond donors (Lipinski definition) is 1. The van der Waals surface area contributed by atoms with Gasteiger partial charge in [-0.1, -0.05) is 36.3 Å². The molecule has 4 heterocycles. The number of hydrogen-bond acceptors (Lipinski definition) is 6. The van der Waals surface area contributed by atoms with Gasteiger partial charge in [-0.2, -0.15) is 5.10 Å². The molecule has 0 bridgehead atoms. The third-order valence-electron chi connectivity index (χ3n) is 6.43. The molecular weight excluding hydrogens is 508 g/mol. The number of aromatic nitrogens is 5. The van der Waals surface area contributed by atoms with E-state index >= 15 is 0 Å². The van der Waals surface area contributed by atoms with Crippen molar-refractivity contribution < 1.29 is 4.79 Å². The first-order valence-electron chi connectivity index (χ1n) is 12.3. The predicted molar refractivity (Wildman–Crippen MR) is 151 cm³/mol. The van der Waals surface area contributed by atoms with Gasteiger partial charge in [0.1, 0.15) is 5.56 Å². The highest BCUT2D eigenvalue weighted by Crippen LogP contribution is 2.24. The standard InChI is InChI=1S/C30H22N6O2S/c1-19(33-29(37)26-20(2)34-35-15-7-14-32-28(26)35)25-16-22-9-6-8-21(12-13-24-17-31-18-39-24)27(22)30(38)36(25)23-10-4-3-5-11-23/h3-11,14-19H,1-2H3,(H,33,37). The fourth-order valence-corrected chi connectivity index (χ4v) is 5.13. The molecule has 8 nitrogen and oxygen atoms in total. The highest BCUT2D eigenvalue weighted by molar-refractivity contribution is 7.10. The van der Waals surface area contributed by atoms with Crippen molar-refractivity contribution in [2.24, 2.45) is 0 Å². The van der Waals surface area contributed by atoms with Gasteiger partial charge in [0, 0.05) is 29.3 Å². The fraction of sp³-hybridized carbons (Fsp3) is 0.100. The van der Waals surface area contributed by atoms with Crippen LogP contribution in [0.1, 0.15) is 45.2 Å². The van der Waals surface area contributed by atoms with Crippen LogP contribution in [0.25, 0.3) is 22.1 Å². The Morgan fingerprint density at radius 3 is 2.72 bits per heavy atom. The summed E-state index contributed by atoms with van der Waals surface area (Å²) in [5.41, 5.74) is 4.93. The minimum Gasteiger partial charge on any atom is -0.344 e. The number of pyridine rings is 1. The van der Waals surface area contributed by atoms with Crippen LogP contribution < -0.4 is 10.9 Å². The number of aryl methyl sites for hydroxylation is 1. The summed E-state index contributed by atoms with van der Waals surface area (Å²) in [6, 6.07) is 18.2. The number of benzene rings is 2. The van der Waals surface area contributed by atoms with Crippen LogP contribution in [0.3, 0.4) is 0 Å². The molecule has 1 N–H and O–H groups in total. The van der Waals surface area contributed by atoms with Gasteiger partial charge in [0.05, 0.1) is 33.7 Å². The Morgan fingerprint density at radius 1 is 1.08 bits per heavy atom. The molecule has 0 saturated heterocycles. The zero-order chi connectivity index (χ0) is 26.9. The second-order valence-electron chi connectivity index (χ2n) is 8.97. The summed E-state index contributed by atoms with van der Waals surface area (Å²) in [5.74, 6) is 5.94. The van der Waals surface area contributed by atoms with Crippen LogP contribution >= 0.6 is 11.3 Å². The van der Waals surface area contributed by atoms with E-state index in [1.807, 2.05) is 61.5 Å². The molecule has 0 aliphatic heterocycles. The van der Waals surface area contributed by atoms with E-state index in [2.05, 4.69) is 32.2 Å². The van der Waals surface area contributed by atoms with Crippen molar-refractivity contribution in [1.29, 1.82) is 0 Å². The Kier molecular flexibility index (Phi) is 6.23. The first-order chi connectivity index (χ1) is 19.0. The van der Waals surface area contributed by atoms with Gasteiger partial charge in [-0.3, -0.25) is 19.1 Å². The monoisotopic (exact) mass is 530 g/mol. The van der Waals surface area contributed by atoms with Crippen molar-refractivity contribution >= 4 is 33.7 Å². The molecule has 6 rings (SSSR count). The van der Waals surface area contributed by atoms with E-state index in [1.165, 1.54) is 11.3 Å². The van der Waals surface area contributed by atoms with E-state index in [0.29, 0.717) is 39.2 Å². The van der Waals surface area contributed by atoms with Gasteiger partial charge in [0.25, 0.3) is 11.5 Å². The van der Waals surface area contributed by atoms with Crippen LogP contribution in [0, 0.1) is 18.8 Å². The highest BCUT2D eigenvalue weighted by atomic mass is 32.1. The van der Waals surface area contributed by atoms with Gasteiger partial charge in [-0.15, -0.1) is 11.3 Å². The lowest BCUT2D eigenvalue weighted by Crippen LogP contribution is -2.32. The Hall–Kier alpha value is -5.07. The van der Waals surface area contributed by atoms with Crippen molar-refractivity contribution in [3.05, 3.63) is 123 Å². The molecule has 9 heteroatoms. The SMILES string of the molecule is Cc1nn2cccnc2c1C(=O)NC(C)c1cc2cccc(C#Cc3cncs3)c2c(=O)n1-c1ccccc1. The number of nitrogens with zero attached hydrogens (tertiary/aromatic N) is 5. The number of nitrogens with one attached hydrogen (secondary N) is 1. The largest absolute Gasteiger partial charge is 0.344 e. The molecule has 0 radical (unpaired) electrons. The minimum atomic E-state index is -0.514. The zero-order valence-electron chi connectivity index (χ0n) is 21.1. The lowest BCUT2D eigenvalue weighted by atomic mass is 10.0. The molecule has 1 atom stereocenters. The quantitative estimate of drug-likeness (QED) is 0.334.